The highest BCUT2D eigenvalue weighted by Crippen LogP contribution is 2.35. The molecule has 3 nitrogen and oxygen atoms in total. The Morgan fingerprint density at radius 1 is 1.35 bits per heavy atom. The number of carbonyl (C=O) groups excluding carboxylic acids is 1. The number of nitrogens with zero attached hydrogens (tertiary/aromatic N) is 1. The third-order valence-electron chi connectivity index (χ3n) is 2.72. The molecule has 0 heterocycles. The Kier molecular flexibility index (Phi) is 5.14. The molecule has 1 rings (SSSR count). The number of hydrogen-bond donors (Lipinski definition) is 0. The van der Waals surface area contributed by atoms with E-state index in [1.54, 1.807) is 19.9 Å². The normalized spacial score (nSPS) is 11.0. The lowest BCUT2D eigenvalue weighted by molar-refractivity contribution is -0.142. The first kappa shape index (κ1) is 16.0. The minimum atomic E-state index is -4.58. The Balaban J connectivity index is 3.27. The molecule has 0 unspecified atom stereocenters. The second-order valence-corrected chi connectivity index (χ2v) is 4.12. The first-order valence-corrected chi connectivity index (χ1v) is 6.12. The highest BCUT2D eigenvalue weighted by Gasteiger charge is 2.36. The van der Waals surface area contributed by atoms with Crippen LogP contribution in [0.2, 0.25) is 0 Å². The summed E-state index contributed by atoms with van der Waals surface area (Å²) in [6.45, 7) is 3.41. The van der Waals surface area contributed by atoms with E-state index in [0.29, 0.717) is 5.56 Å². The number of rotatable bonds is 4. The van der Waals surface area contributed by atoms with Gasteiger partial charge in [-0.2, -0.15) is 18.4 Å². The van der Waals surface area contributed by atoms with Gasteiger partial charge in [-0.1, -0.05) is 13.0 Å². The molecule has 0 aliphatic carbocycles. The van der Waals surface area contributed by atoms with E-state index in [1.165, 1.54) is 6.07 Å². The van der Waals surface area contributed by atoms with Crippen LogP contribution in [-0.4, -0.2) is 12.6 Å². The third-order valence-corrected chi connectivity index (χ3v) is 2.72. The van der Waals surface area contributed by atoms with Gasteiger partial charge in [-0.3, -0.25) is 4.79 Å². The quantitative estimate of drug-likeness (QED) is 0.798. The van der Waals surface area contributed by atoms with E-state index in [9.17, 15) is 18.0 Å². The largest absolute Gasteiger partial charge is 0.466 e. The van der Waals surface area contributed by atoms with Crippen molar-refractivity contribution in [2.75, 3.05) is 6.61 Å². The van der Waals surface area contributed by atoms with E-state index in [1.807, 2.05) is 0 Å². The minimum absolute atomic E-state index is 0.0100. The van der Waals surface area contributed by atoms with Crippen molar-refractivity contribution in [3.05, 3.63) is 34.4 Å². The Hall–Kier alpha value is -2.03. The van der Waals surface area contributed by atoms with Crippen LogP contribution in [0.3, 0.4) is 0 Å². The average Bonchev–Trinajstić information content (AvgIpc) is 2.36. The number of benzene rings is 1. The molecule has 0 radical (unpaired) electrons. The second-order valence-electron chi connectivity index (χ2n) is 4.12. The van der Waals surface area contributed by atoms with Gasteiger partial charge < -0.3 is 4.74 Å². The molecule has 0 fully saturated rings. The Morgan fingerprint density at radius 3 is 2.45 bits per heavy atom. The Morgan fingerprint density at radius 2 is 2.00 bits per heavy atom. The molecule has 0 N–H and O–H groups in total. The fourth-order valence-corrected chi connectivity index (χ4v) is 1.95. The number of aryl methyl sites for hydroxylation is 1. The van der Waals surface area contributed by atoms with Gasteiger partial charge in [0, 0.05) is 0 Å². The first-order valence-electron chi connectivity index (χ1n) is 6.12. The lowest BCUT2D eigenvalue weighted by Gasteiger charge is -2.15. The summed E-state index contributed by atoms with van der Waals surface area (Å²) in [5.41, 5.74) is -1.02. The zero-order valence-corrected chi connectivity index (χ0v) is 11.2. The van der Waals surface area contributed by atoms with Gasteiger partial charge in [-0.15, -0.1) is 0 Å². The second kappa shape index (κ2) is 6.42. The summed E-state index contributed by atoms with van der Waals surface area (Å²) in [4.78, 5) is 11.4. The number of ether oxygens (including phenoxy) is 1. The SMILES string of the molecule is CCOC(=O)Cc1cc(C#N)c(C(F)(F)F)c(CC)c1. The van der Waals surface area contributed by atoms with Crippen molar-refractivity contribution < 1.29 is 22.7 Å². The number of esters is 1. The van der Waals surface area contributed by atoms with Crippen LogP contribution in [0.25, 0.3) is 0 Å². The maximum absolute atomic E-state index is 13.0. The summed E-state index contributed by atoms with van der Waals surface area (Å²) >= 11 is 0. The highest BCUT2D eigenvalue weighted by atomic mass is 19.4. The molecule has 0 aliphatic rings. The van der Waals surface area contributed by atoms with Crippen molar-refractivity contribution in [3.63, 3.8) is 0 Å². The van der Waals surface area contributed by atoms with Crippen molar-refractivity contribution in [3.8, 4) is 6.07 Å². The van der Waals surface area contributed by atoms with E-state index < -0.39 is 23.3 Å². The maximum atomic E-state index is 13.0. The molecule has 1 aromatic rings. The van der Waals surface area contributed by atoms with E-state index in [0.717, 1.165) is 6.07 Å². The fourth-order valence-electron chi connectivity index (χ4n) is 1.95. The standard InChI is InChI=1S/C14H14F3NO2/c1-3-10-5-9(7-12(19)20-4-2)6-11(8-18)13(10)14(15,16)17/h5-6H,3-4,7H2,1-2H3. The maximum Gasteiger partial charge on any atom is 0.417 e. The van der Waals surface area contributed by atoms with Crippen LogP contribution in [0.1, 0.15) is 36.1 Å². The number of hydrogen-bond acceptors (Lipinski definition) is 3. The number of halogens is 3. The van der Waals surface area contributed by atoms with Crippen molar-refractivity contribution in [2.45, 2.75) is 32.9 Å². The van der Waals surface area contributed by atoms with Gasteiger partial charge in [0.25, 0.3) is 0 Å². The molecule has 1 aromatic carbocycles. The predicted molar refractivity (Wildman–Crippen MR) is 65.9 cm³/mol. The minimum Gasteiger partial charge on any atom is -0.466 e. The van der Waals surface area contributed by atoms with Crippen LogP contribution in [-0.2, 0) is 28.5 Å². The van der Waals surface area contributed by atoms with E-state index in [4.69, 9.17) is 10.00 Å². The predicted octanol–water partition coefficient (Wildman–Crippen LogP) is 3.25. The smallest absolute Gasteiger partial charge is 0.417 e. The number of alkyl halides is 3. The van der Waals surface area contributed by atoms with Crippen LogP contribution >= 0.6 is 0 Å². The molecule has 0 bridgehead atoms. The summed E-state index contributed by atoms with van der Waals surface area (Å²) in [5, 5.41) is 8.90. The van der Waals surface area contributed by atoms with Gasteiger partial charge in [0.05, 0.1) is 30.2 Å². The summed E-state index contributed by atoms with van der Waals surface area (Å²) in [6, 6.07) is 3.95. The van der Waals surface area contributed by atoms with Crippen LogP contribution in [0, 0.1) is 11.3 Å². The molecular formula is C14H14F3NO2. The zero-order valence-electron chi connectivity index (χ0n) is 11.2. The molecule has 0 amide bonds. The van der Waals surface area contributed by atoms with E-state index in [-0.39, 0.29) is 25.0 Å². The molecule has 108 valence electrons. The molecule has 0 aliphatic heterocycles. The third kappa shape index (κ3) is 3.73. The molecular weight excluding hydrogens is 271 g/mol. The van der Waals surface area contributed by atoms with E-state index >= 15 is 0 Å². The van der Waals surface area contributed by atoms with Crippen LogP contribution in [0.15, 0.2) is 12.1 Å². The number of carbonyl (C=O) groups is 1. The summed E-state index contributed by atoms with van der Waals surface area (Å²) in [6.07, 6.45) is -4.60. The van der Waals surface area contributed by atoms with Crippen LogP contribution in [0.4, 0.5) is 13.2 Å². The molecule has 0 atom stereocenters. The summed E-state index contributed by atoms with van der Waals surface area (Å²) in [5.74, 6) is -0.529. The molecule has 0 saturated heterocycles. The van der Waals surface area contributed by atoms with Crippen molar-refractivity contribution in [2.24, 2.45) is 0 Å². The zero-order chi connectivity index (χ0) is 15.3. The van der Waals surface area contributed by atoms with Gasteiger partial charge in [0.1, 0.15) is 0 Å². The van der Waals surface area contributed by atoms with Gasteiger partial charge in [0.2, 0.25) is 0 Å². The lowest BCUT2D eigenvalue weighted by Crippen LogP contribution is -2.14. The van der Waals surface area contributed by atoms with Crippen molar-refractivity contribution >= 4 is 5.97 Å². The van der Waals surface area contributed by atoms with Gasteiger partial charge in [-0.05, 0) is 30.5 Å². The molecule has 20 heavy (non-hydrogen) atoms. The van der Waals surface area contributed by atoms with Crippen molar-refractivity contribution in [1.29, 1.82) is 5.26 Å². The lowest BCUT2D eigenvalue weighted by atomic mass is 9.95. The first-order chi connectivity index (χ1) is 9.33. The summed E-state index contributed by atoms with van der Waals surface area (Å²) < 4.78 is 43.6. The van der Waals surface area contributed by atoms with Crippen LogP contribution < -0.4 is 0 Å². The molecule has 0 saturated carbocycles. The Bertz CT molecular complexity index is 545. The fraction of sp³-hybridized carbons (Fsp3) is 0.429. The van der Waals surface area contributed by atoms with Crippen LogP contribution in [0.5, 0.6) is 0 Å². The average molecular weight is 285 g/mol. The van der Waals surface area contributed by atoms with Gasteiger partial charge >= 0.3 is 12.1 Å². The molecule has 0 spiro atoms. The van der Waals surface area contributed by atoms with Crippen molar-refractivity contribution in [1.82, 2.24) is 0 Å². The van der Waals surface area contributed by atoms with Gasteiger partial charge in [0.15, 0.2) is 0 Å². The van der Waals surface area contributed by atoms with E-state index in [2.05, 4.69) is 0 Å². The molecule has 6 heteroatoms. The van der Waals surface area contributed by atoms with Gasteiger partial charge in [-0.25, -0.2) is 0 Å². The topological polar surface area (TPSA) is 50.1 Å². The monoisotopic (exact) mass is 285 g/mol. The summed E-state index contributed by atoms with van der Waals surface area (Å²) in [7, 11) is 0. The molecule has 0 aromatic heterocycles. The Labute approximate surface area is 115 Å². The number of nitriles is 1. The highest BCUT2D eigenvalue weighted by molar-refractivity contribution is 5.73.